The molecule has 254 valence electrons. The van der Waals surface area contributed by atoms with E-state index >= 15 is 0 Å². The molecule has 4 aliphatic rings. The average molecular weight is 731 g/mol. The SMILES string of the molecule is O=C1C(=O)c2c(F)cc(F)cc2/C1=C/c1cc2cc3c(cc2s1)-c1cc2sc(/C=C4\C(=O)C(=O)c5c(F)cc(F)cc54)cc2cc1C31CCCCC1. The molecular formula is C42H22F4O4S2. The maximum atomic E-state index is 14.5. The Labute approximate surface area is 300 Å². The quantitative estimate of drug-likeness (QED) is 0.101. The first-order chi connectivity index (χ1) is 25.0. The molecule has 52 heavy (non-hydrogen) atoms. The van der Waals surface area contributed by atoms with Gasteiger partial charge >= 0.3 is 0 Å². The molecule has 1 saturated carbocycles. The van der Waals surface area contributed by atoms with Gasteiger partial charge in [0.25, 0.3) is 0 Å². The van der Waals surface area contributed by atoms with Crippen LogP contribution >= 0.6 is 22.7 Å². The number of carbonyl (C=O) groups is 4. The standard InChI is InChI=1S/C42H22F4O4S2/c43-20-10-26-28(38(47)40(49)36(26)32(45)12-20)14-22-6-18-8-30-24(16-34(18)51-22)25-17-35-19(9-31(25)42(30)4-2-1-3-5-42)7-23(52-35)15-29-27-11-21(44)13-33(46)37(27)41(50)39(29)48/h6-17H,1-5H2/b28-14-,29-15-. The van der Waals surface area contributed by atoms with Crippen molar-refractivity contribution in [2.24, 2.45) is 0 Å². The number of hydrogen-bond donors (Lipinski definition) is 0. The summed E-state index contributed by atoms with van der Waals surface area (Å²) in [6.45, 7) is 0. The monoisotopic (exact) mass is 730 g/mol. The molecule has 0 radical (unpaired) electrons. The van der Waals surface area contributed by atoms with Crippen LogP contribution in [0.25, 0.3) is 54.6 Å². The third kappa shape index (κ3) is 4.31. The summed E-state index contributed by atoms with van der Waals surface area (Å²) in [6, 6.07) is 15.9. The van der Waals surface area contributed by atoms with Crippen molar-refractivity contribution < 1.29 is 36.7 Å². The van der Waals surface area contributed by atoms with Crippen molar-refractivity contribution >= 4 is 89.3 Å². The van der Waals surface area contributed by atoms with Gasteiger partial charge < -0.3 is 0 Å². The van der Waals surface area contributed by atoms with Gasteiger partial charge in [0.1, 0.15) is 23.3 Å². The Bertz CT molecular complexity index is 2610. The third-order valence-corrected chi connectivity index (χ3v) is 13.1. The average Bonchev–Trinajstić information content (AvgIpc) is 3.87. The van der Waals surface area contributed by atoms with Crippen molar-refractivity contribution in [3.63, 3.8) is 0 Å². The minimum atomic E-state index is -1.05. The van der Waals surface area contributed by atoms with E-state index in [-0.39, 0.29) is 27.7 Å². The van der Waals surface area contributed by atoms with E-state index < -0.39 is 57.5 Å². The number of halogens is 4. The summed E-state index contributed by atoms with van der Waals surface area (Å²) in [5.74, 6) is -7.53. The maximum absolute atomic E-state index is 14.5. The summed E-state index contributed by atoms with van der Waals surface area (Å²) in [4.78, 5) is 52.4. The number of fused-ring (bicyclic) bond motifs is 9. The Hall–Kier alpha value is -5.32. The Morgan fingerprint density at radius 2 is 0.942 bits per heavy atom. The first-order valence-corrected chi connectivity index (χ1v) is 18.4. The van der Waals surface area contributed by atoms with Crippen LogP contribution in [0.1, 0.15) is 84.8 Å². The number of Topliss-reactive ketones (excluding diaryl/α,β-unsaturated/α-hetero) is 4. The molecule has 0 bridgehead atoms. The van der Waals surface area contributed by atoms with E-state index in [1.165, 1.54) is 33.8 Å². The van der Waals surface area contributed by atoms with Crippen molar-refractivity contribution in [3.8, 4) is 11.1 Å². The summed E-state index contributed by atoms with van der Waals surface area (Å²) in [6.07, 6.45) is 8.25. The van der Waals surface area contributed by atoms with E-state index in [0.717, 1.165) is 75.5 Å². The van der Waals surface area contributed by atoms with Crippen LogP contribution in [-0.2, 0) is 15.0 Å². The van der Waals surface area contributed by atoms with Crippen molar-refractivity contribution in [2.75, 3.05) is 0 Å². The van der Waals surface area contributed by atoms with Crippen LogP contribution in [-0.4, -0.2) is 23.1 Å². The van der Waals surface area contributed by atoms with E-state index in [1.807, 2.05) is 12.1 Å². The van der Waals surface area contributed by atoms with Crippen LogP contribution in [0.5, 0.6) is 0 Å². The van der Waals surface area contributed by atoms with Gasteiger partial charge in [-0.2, -0.15) is 0 Å². The molecule has 2 heterocycles. The smallest absolute Gasteiger partial charge is 0.237 e. The second kappa shape index (κ2) is 10.8. The van der Waals surface area contributed by atoms with Crippen molar-refractivity contribution in [1.29, 1.82) is 0 Å². The molecule has 0 aliphatic heterocycles. The molecule has 4 aliphatic carbocycles. The minimum Gasteiger partial charge on any atom is -0.285 e. The second-order valence-corrected chi connectivity index (χ2v) is 16.1. The van der Waals surface area contributed by atoms with E-state index in [1.54, 1.807) is 12.2 Å². The number of carbonyl (C=O) groups excluding carboxylic acids is 4. The Morgan fingerprint density at radius 3 is 1.38 bits per heavy atom. The molecule has 2 aromatic heterocycles. The molecule has 0 atom stereocenters. The molecule has 0 amide bonds. The van der Waals surface area contributed by atoms with Gasteiger partial charge in [-0.1, -0.05) is 19.3 Å². The Kier molecular flexibility index (Phi) is 6.56. The van der Waals surface area contributed by atoms with Gasteiger partial charge in [0.2, 0.25) is 23.1 Å². The zero-order valence-electron chi connectivity index (χ0n) is 26.9. The van der Waals surface area contributed by atoms with E-state index in [2.05, 4.69) is 24.3 Å². The number of allylic oxidation sites excluding steroid dienone is 2. The normalized spacial score (nSPS) is 18.8. The summed E-state index contributed by atoms with van der Waals surface area (Å²) in [7, 11) is 0. The summed E-state index contributed by atoms with van der Waals surface area (Å²) >= 11 is 2.85. The first-order valence-electron chi connectivity index (χ1n) is 16.8. The highest BCUT2D eigenvalue weighted by atomic mass is 32.1. The predicted octanol–water partition coefficient (Wildman–Crippen LogP) is 10.5. The molecule has 0 saturated heterocycles. The van der Waals surface area contributed by atoms with Crippen LogP contribution in [0.3, 0.4) is 0 Å². The number of hydrogen-bond acceptors (Lipinski definition) is 6. The fraction of sp³-hybridized carbons (Fsp3) is 0.143. The van der Waals surface area contributed by atoms with Crippen LogP contribution in [0, 0.1) is 23.3 Å². The number of rotatable bonds is 2. The molecule has 0 N–H and O–H groups in total. The van der Waals surface area contributed by atoms with Gasteiger partial charge in [-0.25, -0.2) is 17.6 Å². The zero-order valence-corrected chi connectivity index (χ0v) is 28.6. The summed E-state index contributed by atoms with van der Waals surface area (Å²) in [5, 5.41) is 1.94. The van der Waals surface area contributed by atoms with Gasteiger partial charge in [0.15, 0.2) is 0 Å². The van der Waals surface area contributed by atoms with Crippen molar-refractivity contribution in [1.82, 2.24) is 0 Å². The van der Waals surface area contributed by atoms with Crippen molar-refractivity contribution in [2.45, 2.75) is 37.5 Å². The van der Waals surface area contributed by atoms with E-state index in [0.29, 0.717) is 21.9 Å². The highest BCUT2D eigenvalue weighted by Gasteiger charge is 2.45. The lowest BCUT2D eigenvalue weighted by atomic mass is 9.67. The summed E-state index contributed by atoms with van der Waals surface area (Å²) < 4.78 is 59.2. The third-order valence-electron chi connectivity index (χ3n) is 11.0. The molecule has 10 heteroatoms. The lowest BCUT2D eigenvalue weighted by molar-refractivity contribution is -0.110. The number of benzene rings is 4. The zero-order chi connectivity index (χ0) is 35.8. The molecule has 10 rings (SSSR count). The lowest BCUT2D eigenvalue weighted by Crippen LogP contribution is -2.28. The minimum absolute atomic E-state index is 0.0279. The molecular weight excluding hydrogens is 709 g/mol. The molecule has 1 spiro atoms. The largest absolute Gasteiger partial charge is 0.285 e. The highest BCUT2D eigenvalue weighted by Crippen LogP contribution is 2.58. The molecule has 1 fully saturated rings. The van der Waals surface area contributed by atoms with Gasteiger partial charge in [-0.15, -0.1) is 22.7 Å². The van der Waals surface area contributed by atoms with Gasteiger partial charge in [0, 0.05) is 59.0 Å². The highest BCUT2D eigenvalue weighted by molar-refractivity contribution is 7.20. The maximum Gasteiger partial charge on any atom is 0.237 e. The Morgan fingerprint density at radius 1 is 0.500 bits per heavy atom. The molecule has 0 unspecified atom stereocenters. The van der Waals surface area contributed by atoms with Gasteiger partial charge in [0.05, 0.1) is 11.1 Å². The lowest BCUT2D eigenvalue weighted by Gasteiger charge is -2.36. The van der Waals surface area contributed by atoms with Gasteiger partial charge in [-0.3, -0.25) is 19.2 Å². The predicted molar refractivity (Wildman–Crippen MR) is 194 cm³/mol. The molecule has 6 aromatic rings. The first kappa shape index (κ1) is 31.4. The van der Waals surface area contributed by atoms with E-state index in [9.17, 15) is 36.7 Å². The summed E-state index contributed by atoms with van der Waals surface area (Å²) in [5.41, 5.74) is 3.49. The van der Waals surface area contributed by atoms with Crippen molar-refractivity contribution in [3.05, 3.63) is 127 Å². The van der Waals surface area contributed by atoms with Crippen LogP contribution in [0.4, 0.5) is 17.6 Å². The second-order valence-electron chi connectivity index (χ2n) is 13.9. The fourth-order valence-corrected chi connectivity index (χ4v) is 10.8. The number of thiophene rings is 2. The molecule has 4 nitrogen and oxygen atoms in total. The van der Waals surface area contributed by atoms with Crippen LogP contribution < -0.4 is 0 Å². The molecule has 4 aromatic carbocycles. The number of ketones is 4. The van der Waals surface area contributed by atoms with Gasteiger partial charge in [-0.05, 0) is 107 Å². The topological polar surface area (TPSA) is 68.3 Å². The van der Waals surface area contributed by atoms with E-state index in [4.69, 9.17) is 0 Å². The van der Waals surface area contributed by atoms with Crippen LogP contribution in [0.2, 0.25) is 0 Å². The van der Waals surface area contributed by atoms with Crippen LogP contribution in [0.15, 0.2) is 60.7 Å². The fourth-order valence-electron chi connectivity index (χ4n) is 8.75. The Balaban J connectivity index is 1.10.